The molecule has 0 aliphatic carbocycles. The Balaban J connectivity index is 1.71. The van der Waals surface area contributed by atoms with Crippen molar-refractivity contribution in [1.82, 2.24) is 4.90 Å². The first-order valence-corrected chi connectivity index (χ1v) is 11.3. The number of carbonyl (C=O) groups excluding carboxylic acids is 1. The van der Waals surface area contributed by atoms with E-state index in [9.17, 15) is 9.59 Å². The van der Waals surface area contributed by atoms with Crippen LogP contribution in [0.15, 0.2) is 72.8 Å². The van der Waals surface area contributed by atoms with Crippen LogP contribution in [-0.4, -0.2) is 42.1 Å². The zero-order valence-corrected chi connectivity index (χ0v) is 19.2. The van der Waals surface area contributed by atoms with E-state index in [1.54, 1.807) is 19.2 Å². The maximum absolute atomic E-state index is 13.7. The topological polar surface area (TPSA) is 64.1 Å². The third-order valence-corrected chi connectivity index (χ3v) is 6.06. The van der Waals surface area contributed by atoms with E-state index in [1.165, 1.54) is 4.90 Å². The Labute approximate surface area is 198 Å². The summed E-state index contributed by atoms with van der Waals surface area (Å²) in [5.41, 5.74) is 4.16. The highest BCUT2D eigenvalue weighted by Gasteiger charge is 2.31. The second-order valence-electron chi connectivity index (χ2n) is 8.09. The Morgan fingerprint density at radius 3 is 2.27 bits per heavy atom. The lowest BCUT2D eigenvalue weighted by Gasteiger charge is -2.28. The summed E-state index contributed by atoms with van der Waals surface area (Å²) in [4.78, 5) is 30.0. The fourth-order valence-corrected chi connectivity index (χ4v) is 4.26. The lowest BCUT2D eigenvalue weighted by Crippen LogP contribution is -2.29. The molecule has 1 aliphatic heterocycles. The van der Waals surface area contributed by atoms with Gasteiger partial charge in [-0.05, 0) is 48.7 Å². The summed E-state index contributed by atoms with van der Waals surface area (Å²) in [6, 6.07) is 23.2. The number of fused-ring (bicyclic) bond motifs is 2. The molecule has 1 heterocycles. The number of amides is 2. The Morgan fingerprint density at radius 2 is 1.58 bits per heavy atom. The van der Waals surface area contributed by atoms with Crippen LogP contribution in [0.4, 0.5) is 21.9 Å². The SMILES string of the molecule is CN(CCCCN1c2cc(Cl)ccc2C(=O)N(Cc2ccccc2)c2ccccc21)C(=O)O. The predicted molar refractivity (Wildman–Crippen MR) is 132 cm³/mol. The Hall–Kier alpha value is -3.51. The van der Waals surface area contributed by atoms with E-state index in [2.05, 4.69) is 4.90 Å². The third-order valence-electron chi connectivity index (χ3n) is 5.82. The van der Waals surface area contributed by atoms with Crippen LogP contribution in [0.1, 0.15) is 28.8 Å². The highest BCUT2D eigenvalue weighted by atomic mass is 35.5. The zero-order valence-electron chi connectivity index (χ0n) is 18.4. The molecule has 1 N–H and O–H groups in total. The number of hydrogen-bond acceptors (Lipinski definition) is 3. The number of carbonyl (C=O) groups is 2. The van der Waals surface area contributed by atoms with Gasteiger partial charge < -0.3 is 19.8 Å². The molecule has 6 nitrogen and oxygen atoms in total. The normalized spacial score (nSPS) is 12.7. The fourth-order valence-electron chi connectivity index (χ4n) is 4.09. The van der Waals surface area contributed by atoms with Gasteiger partial charge in [-0.15, -0.1) is 0 Å². The number of benzene rings is 3. The van der Waals surface area contributed by atoms with Crippen molar-refractivity contribution in [3.63, 3.8) is 0 Å². The van der Waals surface area contributed by atoms with E-state index < -0.39 is 6.09 Å². The fraction of sp³-hybridized carbons (Fsp3) is 0.231. The van der Waals surface area contributed by atoms with Crippen molar-refractivity contribution in [2.45, 2.75) is 19.4 Å². The van der Waals surface area contributed by atoms with Crippen LogP contribution in [0.25, 0.3) is 0 Å². The smallest absolute Gasteiger partial charge is 0.407 e. The van der Waals surface area contributed by atoms with Crippen molar-refractivity contribution in [2.75, 3.05) is 29.9 Å². The van der Waals surface area contributed by atoms with E-state index in [-0.39, 0.29) is 5.91 Å². The number of para-hydroxylation sites is 2. The summed E-state index contributed by atoms with van der Waals surface area (Å²) in [7, 11) is 1.57. The number of nitrogens with zero attached hydrogens (tertiary/aromatic N) is 3. The number of hydrogen-bond donors (Lipinski definition) is 1. The molecule has 0 fully saturated rings. The lowest BCUT2D eigenvalue weighted by atomic mass is 10.1. The van der Waals surface area contributed by atoms with E-state index >= 15 is 0 Å². The molecule has 0 bridgehead atoms. The molecule has 0 unspecified atom stereocenters. The van der Waals surface area contributed by atoms with Gasteiger partial charge in [-0.2, -0.15) is 0 Å². The summed E-state index contributed by atoms with van der Waals surface area (Å²) >= 11 is 6.35. The molecule has 3 aromatic carbocycles. The first-order chi connectivity index (χ1) is 16.0. The zero-order chi connectivity index (χ0) is 23.4. The molecule has 0 radical (unpaired) electrons. The average Bonchev–Trinajstić information content (AvgIpc) is 2.91. The monoisotopic (exact) mass is 463 g/mol. The molecule has 4 rings (SSSR count). The van der Waals surface area contributed by atoms with Gasteiger partial charge in [-0.1, -0.05) is 54.1 Å². The van der Waals surface area contributed by atoms with Crippen LogP contribution in [0.3, 0.4) is 0 Å². The lowest BCUT2D eigenvalue weighted by molar-refractivity contribution is 0.0986. The number of halogens is 1. The highest BCUT2D eigenvalue weighted by Crippen LogP contribution is 2.42. The molecule has 0 saturated heterocycles. The van der Waals surface area contributed by atoms with Crippen LogP contribution in [0, 0.1) is 0 Å². The van der Waals surface area contributed by atoms with Crippen LogP contribution in [0.2, 0.25) is 5.02 Å². The minimum absolute atomic E-state index is 0.0777. The highest BCUT2D eigenvalue weighted by molar-refractivity contribution is 6.31. The molecule has 0 atom stereocenters. The summed E-state index contributed by atoms with van der Waals surface area (Å²) in [5, 5.41) is 9.66. The summed E-state index contributed by atoms with van der Waals surface area (Å²) in [6.45, 7) is 1.53. The minimum atomic E-state index is -0.936. The van der Waals surface area contributed by atoms with Gasteiger partial charge in [-0.25, -0.2) is 4.79 Å². The first-order valence-electron chi connectivity index (χ1n) is 10.9. The molecule has 33 heavy (non-hydrogen) atoms. The number of anilines is 3. The maximum Gasteiger partial charge on any atom is 0.407 e. The minimum Gasteiger partial charge on any atom is -0.465 e. The summed E-state index contributed by atoms with van der Waals surface area (Å²) in [6.07, 6.45) is 0.526. The van der Waals surface area contributed by atoms with Crippen molar-refractivity contribution in [3.8, 4) is 0 Å². The maximum atomic E-state index is 13.7. The molecule has 170 valence electrons. The summed E-state index contributed by atoms with van der Waals surface area (Å²) in [5.74, 6) is -0.0777. The van der Waals surface area contributed by atoms with Crippen molar-refractivity contribution < 1.29 is 14.7 Å². The molecule has 3 aromatic rings. The van der Waals surface area contributed by atoms with E-state index in [1.807, 2.05) is 65.6 Å². The number of carboxylic acid groups (broad SMARTS) is 1. The molecule has 0 spiro atoms. The van der Waals surface area contributed by atoms with Gasteiger partial charge in [0.05, 0.1) is 29.2 Å². The van der Waals surface area contributed by atoms with E-state index in [4.69, 9.17) is 16.7 Å². The quantitative estimate of drug-likeness (QED) is 0.434. The predicted octanol–water partition coefficient (Wildman–Crippen LogP) is 6.03. The number of rotatable bonds is 7. The van der Waals surface area contributed by atoms with Crippen LogP contribution >= 0.6 is 11.6 Å². The Kier molecular flexibility index (Phi) is 6.84. The standard InChI is InChI=1S/C26H26ClN3O3/c1-28(26(32)33)15-7-8-16-29-22-11-5-6-12-23(22)30(18-19-9-3-2-4-10-19)25(31)21-14-13-20(27)17-24(21)29/h2-6,9-14,17H,7-8,15-16,18H2,1H3,(H,32,33). The van der Waals surface area contributed by atoms with E-state index in [0.717, 1.165) is 29.0 Å². The molecule has 0 aromatic heterocycles. The third kappa shape index (κ3) is 4.96. The van der Waals surface area contributed by atoms with Gasteiger partial charge in [0, 0.05) is 25.2 Å². The molecular formula is C26H26ClN3O3. The van der Waals surface area contributed by atoms with Crippen LogP contribution < -0.4 is 9.80 Å². The molecule has 0 saturated carbocycles. The van der Waals surface area contributed by atoms with Crippen molar-refractivity contribution >= 4 is 40.7 Å². The van der Waals surface area contributed by atoms with Gasteiger partial charge >= 0.3 is 6.09 Å². The molecule has 1 aliphatic rings. The second kappa shape index (κ2) is 9.96. The first kappa shape index (κ1) is 22.7. The van der Waals surface area contributed by atoms with Gasteiger partial charge in [0.25, 0.3) is 5.91 Å². The molecule has 7 heteroatoms. The van der Waals surface area contributed by atoms with Crippen molar-refractivity contribution in [1.29, 1.82) is 0 Å². The molecule has 2 amide bonds. The van der Waals surface area contributed by atoms with Gasteiger partial charge in [0.1, 0.15) is 0 Å². The molecular weight excluding hydrogens is 438 g/mol. The second-order valence-corrected chi connectivity index (χ2v) is 8.53. The largest absolute Gasteiger partial charge is 0.465 e. The van der Waals surface area contributed by atoms with Crippen LogP contribution in [0.5, 0.6) is 0 Å². The van der Waals surface area contributed by atoms with Crippen LogP contribution in [-0.2, 0) is 6.54 Å². The summed E-state index contributed by atoms with van der Waals surface area (Å²) < 4.78 is 0. The van der Waals surface area contributed by atoms with Gasteiger partial charge in [0.15, 0.2) is 0 Å². The Morgan fingerprint density at radius 1 is 0.909 bits per heavy atom. The average molecular weight is 464 g/mol. The van der Waals surface area contributed by atoms with Crippen molar-refractivity contribution in [3.05, 3.63) is 88.9 Å². The van der Waals surface area contributed by atoms with Crippen molar-refractivity contribution in [2.24, 2.45) is 0 Å². The van der Waals surface area contributed by atoms with Gasteiger partial charge in [0.2, 0.25) is 0 Å². The Bertz CT molecular complexity index is 1150. The van der Waals surface area contributed by atoms with E-state index in [0.29, 0.717) is 36.6 Å². The number of unbranched alkanes of at least 4 members (excludes halogenated alkanes) is 1. The van der Waals surface area contributed by atoms with Gasteiger partial charge in [-0.3, -0.25) is 4.79 Å².